The normalized spacial score (nSPS) is 11.1. The molecule has 0 rings (SSSR count). The Morgan fingerprint density at radius 1 is 1.44 bits per heavy atom. The van der Waals surface area contributed by atoms with Crippen molar-refractivity contribution in [3.05, 3.63) is 0 Å². The zero-order valence-electron chi connectivity index (χ0n) is 4.04. The molecule has 2 nitrogen and oxygen atoms in total. The first-order chi connectivity index (χ1) is 3.95. The zero-order chi connectivity index (χ0) is 7.49. The highest BCUT2D eigenvalue weighted by atomic mass is 35.6. The lowest BCUT2D eigenvalue weighted by atomic mass is 10.5. The Kier molecular flexibility index (Phi) is 3.97. The Bertz CT molecular complexity index is 107. The highest BCUT2D eigenvalue weighted by molar-refractivity contribution is 6.68. The number of hydrogen-bond acceptors (Lipinski definition) is 2. The Balaban J connectivity index is 3.60. The van der Waals surface area contributed by atoms with Crippen LogP contribution in [0.1, 0.15) is 6.42 Å². The minimum atomic E-state index is -1.62. The lowest BCUT2D eigenvalue weighted by Crippen LogP contribution is -2.10. The van der Waals surface area contributed by atoms with E-state index in [4.69, 9.17) is 34.8 Å². The maximum Gasteiger partial charge on any atom is 0.329 e. The van der Waals surface area contributed by atoms with E-state index in [-0.39, 0.29) is 6.42 Å². The number of halogens is 4. The van der Waals surface area contributed by atoms with Crippen molar-refractivity contribution in [1.29, 1.82) is 0 Å². The van der Waals surface area contributed by atoms with E-state index in [0.29, 0.717) is 0 Å². The minimum absolute atomic E-state index is 0.346. The fourth-order valence-corrected chi connectivity index (χ4v) is 0.573. The second kappa shape index (κ2) is 3.71. The Morgan fingerprint density at radius 2 is 1.89 bits per heavy atom. The van der Waals surface area contributed by atoms with Gasteiger partial charge < -0.3 is 4.29 Å². The van der Waals surface area contributed by atoms with E-state index in [2.05, 4.69) is 16.2 Å². The molecule has 0 unspecified atom stereocenters. The first kappa shape index (κ1) is 9.63. The monoisotopic (exact) mass is 210 g/mol. The van der Waals surface area contributed by atoms with Crippen molar-refractivity contribution >= 4 is 52.6 Å². The van der Waals surface area contributed by atoms with Crippen LogP contribution in [0.3, 0.4) is 0 Å². The van der Waals surface area contributed by atoms with Crippen LogP contribution in [-0.4, -0.2) is 9.76 Å². The van der Waals surface area contributed by atoms with Gasteiger partial charge in [0.1, 0.15) is 11.9 Å². The van der Waals surface area contributed by atoms with E-state index in [0.717, 1.165) is 0 Å². The van der Waals surface area contributed by atoms with Crippen molar-refractivity contribution in [3.8, 4) is 0 Å². The smallest absolute Gasteiger partial charge is 0.329 e. The quantitative estimate of drug-likeness (QED) is 0.623. The van der Waals surface area contributed by atoms with E-state index in [1.165, 1.54) is 0 Å². The van der Waals surface area contributed by atoms with Gasteiger partial charge in [0.25, 0.3) is 0 Å². The van der Waals surface area contributed by atoms with Crippen LogP contribution in [0.5, 0.6) is 0 Å². The van der Waals surface area contributed by atoms with Crippen LogP contribution in [0.25, 0.3) is 0 Å². The van der Waals surface area contributed by atoms with E-state index in [1.807, 2.05) is 0 Å². The van der Waals surface area contributed by atoms with Crippen LogP contribution >= 0.6 is 46.7 Å². The summed E-state index contributed by atoms with van der Waals surface area (Å²) in [5, 5.41) is 0. The summed E-state index contributed by atoms with van der Waals surface area (Å²) in [6, 6.07) is 0. The van der Waals surface area contributed by atoms with Gasteiger partial charge in [-0.1, -0.05) is 34.8 Å². The fourth-order valence-electron chi connectivity index (χ4n) is 0.191. The number of rotatable bonds is 1. The molecule has 6 heteroatoms. The molecule has 0 heterocycles. The highest BCUT2D eigenvalue weighted by Crippen LogP contribution is 2.30. The van der Waals surface area contributed by atoms with Crippen molar-refractivity contribution in [2.24, 2.45) is 0 Å². The Labute approximate surface area is 72.1 Å². The van der Waals surface area contributed by atoms with Crippen LogP contribution in [0.4, 0.5) is 0 Å². The van der Waals surface area contributed by atoms with Gasteiger partial charge in [0.2, 0.25) is 3.79 Å². The van der Waals surface area contributed by atoms with Crippen LogP contribution in [-0.2, 0) is 9.08 Å². The van der Waals surface area contributed by atoms with Crippen molar-refractivity contribution in [2.75, 3.05) is 0 Å². The number of carbonyl (C=O) groups excluding carboxylic acids is 1. The largest absolute Gasteiger partial charge is 0.347 e. The van der Waals surface area contributed by atoms with Crippen LogP contribution in [0, 0.1) is 0 Å². The summed E-state index contributed by atoms with van der Waals surface area (Å²) in [5.41, 5.74) is 0. The predicted molar refractivity (Wildman–Crippen MR) is 36.9 cm³/mol. The number of alkyl halides is 3. The summed E-state index contributed by atoms with van der Waals surface area (Å²) >= 11 is 20.2. The van der Waals surface area contributed by atoms with Gasteiger partial charge in [-0.3, -0.25) is 4.79 Å². The summed E-state index contributed by atoms with van der Waals surface area (Å²) < 4.78 is 2.09. The molecule has 0 amide bonds. The molecule has 0 atom stereocenters. The molecule has 0 aromatic carbocycles. The third-order valence-corrected chi connectivity index (χ3v) is 1.00. The van der Waals surface area contributed by atoms with E-state index >= 15 is 0 Å². The fraction of sp³-hybridized carbons (Fsp3) is 0.667. The minimum Gasteiger partial charge on any atom is -0.347 e. The summed E-state index contributed by atoms with van der Waals surface area (Å²) in [6.45, 7) is 0. The topological polar surface area (TPSA) is 26.3 Å². The molecule has 54 valence electrons. The van der Waals surface area contributed by atoms with E-state index < -0.39 is 9.76 Å². The van der Waals surface area contributed by atoms with Gasteiger partial charge in [-0.15, -0.1) is 0 Å². The molecule has 0 aliphatic heterocycles. The molecule has 0 spiro atoms. The lowest BCUT2D eigenvalue weighted by Gasteiger charge is -2.05. The molecule has 0 saturated carbocycles. The molecule has 0 N–H and O–H groups in total. The Hall–Kier alpha value is 0.630. The first-order valence-corrected chi connectivity index (χ1v) is 3.28. The van der Waals surface area contributed by atoms with E-state index in [9.17, 15) is 4.79 Å². The standard InChI is InChI=1S/C3H2Cl4O2/c4-3(5,6)1-2(8)9-7/h1H2. The van der Waals surface area contributed by atoms with Crippen molar-refractivity contribution in [1.82, 2.24) is 0 Å². The molecule has 9 heavy (non-hydrogen) atoms. The summed E-state index contributed by atoms with van der Waals surface area (Å²) in [4.78, 5) is 10.2. The molecule has 0 aliphatic rings. The third-order valence-electron chi connectivity index (χ3n) is 0.431. The van der Waals surface area contributed by atoms with Crippen LogP contribution in [0.2, 0.25) is 0 Å². The van der Waals surface area contributed by atoms with Gasteiger partial charge in [-0.2, -0.15) is 0 Å². The second-order valence-electron chi connectivity index (χ2n) is 1.24. The van der Waals surface area contributed by atoms with E-state index in [1.54, 1.807) is 0 Å². The van der Waals surface area contributed by atoms with Gasteiger partial charge in [0.05, 0.1) is 6.42 Å². The molecule has 0 aromatic rings. The average molecular weight is 212 g/mol. The summed E-state index contributed by atoms with van der Waals surface area (Å²) in [6.07, 6.45) is -0.346. The maximum atomic E-state index is 10.2. The lowest BCUT2D eigenvalue weighted by molar-refractivity contribution is -0.133. The van der Waals surface area contributed by atoms with Crippen molar-refractivity contribution in [2.45, 2.75) is 10.2 Å². The molecule has 0 radical (unpaired) electrons. The van der Waals surface area contributed by atoms with Gasteiger partial charge in [0.15, 0.2) is 0 Å². The number of carbonyl (C=O) groups is 1. The molecule has 0 aliphatic carbocycles. The van der Waals surface area contributed by atoms with Gasteiger partial charge in [-0.05, 0) is 0 Å². The third kappa shape index (κ3) is 6.52. The van der Waals surface area contributed by atoms with Crippen LogP contribution < -0.4 is 0 Å². The van der Waals surface area contributed by atoms with Gasteiger partial charge in [-0.25, -0.2) is 0 Å². The first-order valence-electron chi connectivity index (χ1n) is 1.84. The zero-order valence-corrected chi connectivity index (χ0v) is 7.06. The molecular formula is C3H2Cl4O2. The van der Waals surface area contributed by atoms with Crippen molar-refractivity contribution < 1.29 is 9.08 Å². The summed E-state index contributed by atoms with van der Waals surface area (Å²) in [7, 11) is 0. The second-order valence-corrected chi connectivity index (χ2v) is 3.91. The van der Waals surface area contributed by atoms with Crippen LogP contribution in [0.15, 0.2) is 0 Å². The molecule has 0 bridgehead atoms. The molecular weight excluding hydrogens is 210 g/mol. The van der Waals surface area contributed by atoms with Crippen molar-refractivity contribution in [3.63, 3.8) is 0 Å². The molecule has 0 fully saturated rings. The van der Waals surface area contributed by atoms with Gasteiger partial charge in [0, 0.05) is 0 Å². The Morgan fingerprint density at radius 3 is 2.00 bits per heavy atom. The predicted octanol–water partition coefficient (Wildman–Crippen LogP) is 2.44. The molecule has 0 aromatic heterocycles. The molecule has 0 saturated heterocycles. The average Bonchev–Trinajstić information content (AvgIpc) is 1.62. The SMILES string of the molecule is O=C(CC(Cl)(Cl)Cl)OCl. The number of hydrogen-bond donors (Lipinski definition) is 0. The van der Waals surface area contributed by atoms with Gasteiger partial charge >= 0.3 is 5.97 Å². The highest BCUT2D eigenvalue weighted by Gasteiger charge is 2.24. The maximum absolute atomic E-state index is 10.2. The summed E-state index contributed by atoms with van der Waals surface area (Å²) in [5.74, 6) is -0.767.